The van der Waals surface area contributed by atoms with Crippen LogP contribution in [0.15, 0.2) is 53.7 Å². The highest BCUT2D eigenvalue weighted by molar-refractivity contribution is 7.98. The molecule has 2 aromatic carbocycles. The average Bonchev–Trinajstić information content (AvgIpc) is 2.98. The van der Waals surface area contributed by atoms with Crippen molar-refractivity contribution in [2.24, 2.45) is 0 Å². The van der Waals surface area contributed by atoms with Crippen LogP contribution < -0.4 is 14.5 Å². The van der Waals surface area contributed by atoms with Crippen LogP contribution in [0.1, 0.15) is 27.2 Å². The van der Waals surface area contributed by atoms with Crippen LogP contribution in [0.5, 0.6) is 5.75 Å². The third-order valence-corrected chi connectivity index (χ3v) is 8.12. The zero-order valence-corrected chi connectivity index (χ0v) is 23.2. The van der Waals surface area contributed by atoms with Gasteiger partial charge in [0.2, 0.25) is 0 Å². The Kier molecular flexibility index (Phi) is 8.34. The Morgan fingerprint density at radius 3 is 2.37 bits per heavy atom. The fourth-order valence-electron chi connectivity index (χ4n) is 4.82. The van der Waals surface area contributed by atoms with Gasteiger partial charge in [-0.25, -0.2) is 9.97 Å². The molecule has 0 saturated carbocycles. The molecule has 1 aromatic heterocycles. The number of rotatable bonds is 7. The minimum Gasteiger partial charge on any atom is -0.497 e. The van der Waals surface area contributed by atoms with Crippen molar-refractivity contribution < 1.29 is 14.3 Å². The van der Waals surface area contributed by atoms with Gasteiger partial charge in [0, 0.05) is 67.5 Å². The van der Waals surface area contributed by atoms with E-state index in [9.17, 15) is 4.79 Å². The molecule has 2 fully saturated rings. The first-order valence-corrected chi connectivity index (χ1v) is 14.1. The Morgan fingerprint density at radius 2 is 1.66 bits per heavy atom. The predicted molar refractivity (Wildman–Crippen MR) is 152 cm³/mol. The second kappa shape index (κ2) is 12.0. The van der Waals surface area contributed by atoms with Crippen LogP contribution in [0.4, 0.5) is 11.5 Å². The lowest BCUT2D eigenvalue weighted by Gasteiger charge is -2.37. The largest absolute Gasteiger partial charge is 0.497 e. The number of benzene rings is 2. The van der Waals surface area contributed by atoms with Gasteiger partial charge in [0.25, 0.3) is 5.91 Å². The van der Waals surface area contributed by atoms with E-state index in [1.165, 1.54) is 5.69 Å². The van der Waals surface area contributed by atoms with Crippen LogP contribution in [0, 0.1) is 13.8 Å². The van der Waals surface area contributed by atoms with Gasteiger partial charge >= 0.3 is 0 Å². The summed E-state index contributed by atoms with van der Waals surface area (Å²) in [4.78, 5) is 29.3. The standard InChI is InChI=1S/C29H35N5O3S/c1-21-22(2)30-29(38-20-23-5-4-6-24(19-23)28(35)34-15-17-37-18-16-34)31-27(21)33-13-11-32(12-14-33)25-7-9-26(36-3)10-8-25/h4-10,19H,11-18,20H2,1-3H3. The minimum absolute atomic E-state index is 0.0682. The molecule has 3 aromatic rings. The molecular formula is C29H35N5O3S. The number of morpholine rings is 1. The Balaban J connectivity index is 1.23. The second-order valence-corrected chi connectivity index (χ2v) is 10.5. The number of thioether (sulfide) groups is 1. The molecule has 2 saturated heterocycles. The summed E-state index contributed by atoms with van der Waals surface area (Å²) >= 11 is 1.62. The van der Waals surface area contributed by atoms with E-state index in [0.29, 0.717) is 32.1 Å². The molecule has 0 unspecified atom stereocenters. The molecule has 0 aliphatic carbocycles. The van der Waals surface area contributed by atoms with Crippen molar-refractivity contribution in [3.8, 4) is 5.75 Å². The van der Waals surface area contributed by atoms with E-state index in [4.69, 9.17) is 19.4 Å². The smallest absolute Gasteiger partial charge is 0.254 e. The van der Waals surface area contributed by atoms with Crippen LogP contribution in [0.25, 0.3) is 0 Å². The monoisotopic (exact) mass is 533 g/mol. The van der Waals surface area contributed by atoms with Crippen LogP contribution >= 0.6 is 11.8 Å². The number of ether oxygens (including phenoxy) is 2. The summed E-state index contributed by atoms with van der Waals surface area (Å²) in [5, 5.41) is 0.769. The third-order valence-electron chi connectivity index (χ3n) is 7.20. The number of nitrogens with zero attached hydrogens (tertiary/aromatic N) is 5. The number of aromatic nitrogens is 2. The fraction of sp³-hybridized carbons (Fsp3) is 0.414. The summed E-state index contributed by atoms with van der Waals surface area (Å²) in [6.45, 7) is 10.3. The Bertz CT molecular complexity index is 1260. The molecule has 8 nitrogen and oxygen atoms in total. The normalized spacial score (nSPS) is 16.0. The molecule has 2 aliphatic rings. The van der Waals surface area contributed by atoms with Crippen molar-refractivity contribution in [2.75, 3.05) is 69.4 Å². The zero-order chi connectivity index (χ0) is 26.5. The van der Waals surface area contributed by atoms with Crippen molar-refractivity contribution in [3.63, 3.8) is 0 Å². The van der Waals surface area contributed by atoms with E-state index in [1.807, 2.05) is 35.2 Å². The summed E-state index contributed by atoms with van der Waals surface area (Å²) in [5.74, 6) is 2.67. The van der Waals surface area contributed by atoms with E-state index in [-0.39, 0.29) is 5.91 Å². The minimum atomic E-state index is 0.0682. The van der Waals surface area contributed by atoms with Gasteiger partial charge in [-0.3, -0.25) is 4.79 Å². The first-order chi connectivity index (χ1) is 18.5. The summed E-state index contributed by atoms with van der Waals surface area (Å²) < 4.78 is 10.7. The number of carbonyl (C=O) groups is 1. The molecular weight excluding hydrogens is 498 g/mol. The SMILES string of the molecule is COc1ccc(N2CCN(c3nc(SCc4cccc(C(=O)N5CCOCC5)c4)nc(C)c3C)CC2)cc1. The maximum atomic E-state index is 12.9. The van der Waals surface area contributed by atoms with Crippen LogP contribution in [-0.2, 0) is 10.5 Å². The van der Waals surface area contributed by atoms with Gasteiger partial charge in [-0.1, -0.05) is 23.9 Å². The van der Waals surface area contributed by atoms with E-state index < -0.39 is 0 Å². The molecule has 9 heteroatoms. The topological polar surface area (TPSA) is 71.0 Å². The highest BCUT2D eigenvalue weighted by atomic mass is 32.2. The molecule has 2 aliphatic heterocycles. The molecule has 0 spiro atoms. The molecule has 5 rings (SSSR count). The Morgan fingerprint density at radius 1 is 0.947 bits per heavy atom. The van der Waals surface area contributed by atoms with Gasteiger partial charge in [0.15, 0.2) is 5.16 Å². The summed E-state index contributed by atoms with van der Waals surface area (Å²) in [6, 6.07) is 16.2. The van der Waals surface area contributed by atoms with Crippen molar-refractivity contribution in [3.05, 3.63) is 70.9 Å². The van der Waals surface area contributed by atoms with Gasteiger partial charge in [0.05, 0.1) is 20.3 Å². The van der Waals surface area contributed by atoms with Gasteiger partial charge < -0.3 is 24.2 Å². The number of piperazine rings is 1. The molecule has 38 heavy (non-hydrogen) atoms. The summed E-state index contributed by atoms with van der Waals surface area (Å²) in [7, 11) is 1.69. The average molecular weight is 534 g/mol. The van der Waals surface area contributed by atoms with Crippen molar-refractivity contribution in [1.29, 1.82) is 0 Å². The molecule has 0 bridgehead atoms. The summed E-state index contributed by atoms with van der Waals surface area (Å²) in [6.07, 6.45) is 0. The number of hydrogen-bond acceptors (Lipinski definition) is 8. The lowest BCUT2D eigenvalue weighted by molar-refractivity contribution is 0.0303. The fourth-order valence-corrected chi connectivity index (χ4v) is 5.65. The lowest BCUT2D eigenvalue weighted by Crippen LogP contribution is -2.47. The number of carbonyl (C=O) groups excluding carboxylic acids is 1. The van der Waals surface area contributed by atoms with Crippen LogP contribution in [0.3, 0.4) is 0 Å². The molecule has 3 heterocycles. The Labute approximate surface area is 229 Å². The second-order valence-electron chi connectivity index (χ2n) is 9.61. The number of hydrogen-bond donors (Lipinski definition) is 0. The maximum absolute atomic E-state index is 12.9. The number of methoxy groups -OCH3 is 1. The number of anilines is 2. The van der Waals surface area contributed by atoms with Crippen molar-refractivity contribution >= 4 is 29.2 Å². The molecule has 0 atom stereocenters. The van der Waals surface area contributed by atoms with Gasteiger partial charge in [-0.05, 0) is 55.8 Å². The lowest BCUT2D eigenvalue weighted by atomic mass is 10.1. The first-order valence-electron chi connectivity index (χ1n) is 13.1. The molecule has 0 radical (unpaired) electrons. The third kappa shape index (κ3) is 6.05. The van der Waals surface area contributed by atoms with E-state index in [1.54, 1.807) is 18.9 Å². The molecule has 0 N–H and O–H groups in total. The maximum Gasteiger partial charge on any atom is 0.254 e. The van der Waals surface area contributed by atoms with E-state index >= 15 is 0 Å². The van der Waals surface area contributed by atoms with E-state index in [0.717, 1.165) is 65.3 Å². The van der Waals surface area contributed by atoms with Gasteiger partial charge in [-0.15, -0.1) is 0 Å². The van der Waals surface area contributed by atoms with Crippen molar-refractivity contribution in [1.82, 2.24) is 14.9 Å². The van der Waals surface area contributed by atoms with Gasteiger partial charge in [0.1, 0.15) is 11.6 Å². The van der Waals surface area contributed by atoms with Gasteiger partial charge in [-0.2, -0.15) is 0 Å². The first kappa shape index (κ1) is 26.3. The predicted octanol–water partition coefficient (Wildman–Crippen LogP) is 4.19. The van der Waals surface area contributed by atoms with Crippen molar-refractivity contribution in [2.45, 2.75) is 24.8 Å². The quantitative estimate of drug-likeness (QED) is 0.331. The number of aryl methyl sites for hydroxylation is 1. The highest BCUT2D eigenvalue weighted by Gasteiger charge is 2.22. The van der Waals surface area contributed by atoms with E-state index in [2.05, 4.69) is 41.8 Å². The number of amides is 1. The van der Waals surface area contributed by atoms with Crippen LogP contribution in [0.2, 0.25) is 0 Å². The summed E-state index contributed by atoms with van der Waals surface area (Å²) in [5.41, 5.74) is 5.16. The van der Waals surface area contributed by atoms with Crippen LogP contribution in [-0.4, -0.2) is 80.4 Å². The highest BCUT2D eigenvalue weighted by Crippen LogP contribution is 2.28. The molecule has 200 valence electrons. The molecule has 1 amide bonds. The Hall–Kier alpha value is -3.30. The zero-order valence-electron chi connectivity index (χ0n) is 22.4.